The molecule has 2 aliphatic carbocycles. The molecule has 8 aliphatic rings. The predicted octanol–water partition coefficient (Wildman–Crippen LogP) is 3.60. The first-order valence-corrected chi connectivity index (χ1v) is 24.4. The molecule has 8 atom stereocenters. The molecule has 10 rings (SSSR count). The first-order valence-electron chi connectivity index (χ1n) is 24.4. The fourth-order valence-electron chi connectivity index (χ4n) is 12.0. The molecule has 2 aromatic rings. The zero-order valence-electron chi connectivity index (χ0n) is 37.8. The Morgan fingerprint density at radius 3 is 1.34 bits per heavy atom. The molecular weight excluding hydrogens is 813 g/mol. The van der Waals surface area contributed by atoms with Gasteiger partial charge in [-0.15, -0.1) is 0 Å². The SMILES string of the molecule is C/C=C/c1ccc2n(c1=O)C[C@@H]1[C@@H](CO)[C@H](C(=O)NCC3CC3)[C@H]2N1CC1CCOCC1.C/C=C\c1ccc2n(c1=O)C[C@@H]1[C@@H](CO)[C@H](C(=O)NCC3CC3)[C@H]2N1CC1CCOCC1. The van der Waals surface area contributed by atoms with Crippen molar-refractivity contribution in [3.8, 4) is 0 Å². The van der Waals surface area contributed by atoms with Crippen LogP contribution in [0.3, 0.4) is 0 Å². The van der Waals surface area contributed by atoms with Gasteiger partial charge in [0, 0.05) is 125 Å². The van der Waals surface area contributed by atoms with Gasteiger partial charge in [0.25, 0.3) is 11.1 Å². The van der Waals surface area contributed by atoms with Gasteiger partial charge in [-0.25, -0.2) is 0 Å². The van der Waals surface area contributed by atoms with E-state index in [-0.39, 0.29) is 84.0 Å². The van der Waals surface area contributed by atoms with Gasteiger partial charge in [-0.1, -0.05) is 24.3 Å². The van der Waals surface area contributed by atoms with E-state index in [1.54, 1.807) is 0 Å². The zero-order chi connectivity index (χ0) is 44.5. The van der Waals surface area contributed by atoms with Gasteiger partial charge in [-0.3, -0.25) is 29.0 Å². The fraction of sp³-hybridized carbons (Fsp3) is 0.680. The third-order valence-electron chi connectivity index (χ3n) is 15.8. The first kappa shape index (κ1) is 45.2. The van der Waals surface area contributed by atoms with Crippen LogP contribution in [0.15, 0.2) is 46.0 Å². The Morgan fingerprint density at radius 2 is 1.00 bits per heavy atom. The lowest BCUT2D eigenvalue weighted by Gasteiger charge is -2.40. The second-order valence-corrected chi connectivity index (χ2v) is 19.9. The third-order valence-corrected chi connectivity index (χ3v) is 15.8. The second-order valence-electron chi connectivity index (χ2n) is 19.9. The number of hydrogen-bond acceptors (Lipinski definition) is 10. The van der Waals surface area contributed by atoms with Crippen LogP contribution in [0, 0.1) is 47.3 Å². The third kappa shape index (κ3) is 9.12. The minimum atomic E-state index is -0.343. The summed E-state index contributed by atoms with van der Waals surface area (Å²) in [5.74, 6) is 1.25. The Labute approximate surface area is 377 Å². The number of nitrogens with zero attached hydrogens (tertiary/aromatic N) is 4. The molecule has 2 amide bonds. The molecule has 2 saturated carbocycles. The molecule has 8 heterocycles. The van der Waals surface area contributed by atoms with E-state index >= 15 is 0 Å². The molecule has 14 nitrogen and oxygen atoms in total. The Morgan fingerprint density at radius 1 is 0.609 bits per heavy atom. The standard InChI is InChI=1S/2C25H35N3O4/c2*1-2-3-18-6-7-20-23-22(24(30)26-12-16-4-5-16)19(15-29)21(14-28(20)25(18)31)27(23)13-17-8-10-32-11-9-17/h2*2-3,6-7,16-17,19,21-23,29H,4-5,8-15H2,1H3,(H,26,30)/b3-2+;3-2-/t2*19-,21-,22+,23+/m11/s1. The van der Waals surface area contributed by atoms with E-state index in [4.69, 9.17) is 9.47 Å². The molecule has 0 unspecified atom stereocenters. The number of allylic oxidation sites excluding steroid dienone is 2. The van der Waals surface area contributed by atoms with Crippen LogP contribution in [0.1, 0.15) is 99.8 Å². The summed E-state index contributed by atoms with van der Waals surface area (Å²) in [4.78, 5) is 58.2. The van der Waals surface area contributed by atoms with Gasteiger partial charge in [-0.2, -0.15) is 0 Å². The molecule has 2 aromatic heterocycles. The number of carbonyl (C=O) groups excluding carboxylic acids is 2. The molecule has 348 valence electrons. The maximum atomic E-state index is 13.4. The predicted molar refractivity (Wildman–Crippen MR) is 244 cm³/mol. The highest BCUT2D eigenvalue weighted by molar-refractivity contribution is 5.81. The average Bonchev–Trinajstić information content (AvgIpc) is 4.26. The number of nitrogens with one attached hydrogen (secondary N) is 2. The van der Waals surface area contributed by atoms with Gasteiger partial charge in [0.2, 0.25) is 11.8 Å². The second kappa shape index (κ2) is 19.9. The minimum absolute atomic E-state index is 0.00274. The number of fused-ring (bicyclic) bond motifs is 8. The molecular formula is C50H70N6O8. The molecule has 6 aliphatic heterocycles. The van der Waals surface area contributed by atoms with E-state index in [1.165, 1.54) is 25.7 Å². The van der Waals surface area contributed by atoms with E-state index in [0.717, 1.165) is 89.7 Å². The van der Waals surface area contributed by atoms with Gasteiger partial charge in [0.15, 0.2) is 0 Å². The number of aromatic nitrogens is 2. The summed E-state index contributed by atoms with van der Waals surface area (Å²) in [6.07, 6.45) is 16.2. The van der Waals surface area contributed by atoms with Gasteiger partial charge >= 0.3 is 0 Å². The van der Waals surface area contributed by atoms with Crippen LogP contribution in [-0.2, 0) is 32.2 Å². The average molecular weight is 883 g/mol. The molecule has 14 heteroatoms. The highest BCUT2D eigenvalue weighted by Gasteiger charge is 2.57. The number of rotatable bonds is 14. The topological polar surface area (TPSA) is 168 Å². The summed E-state index contributed by atoms with van der Waals surface area (Å²) >= 11 is 0. The monoisotopic (exact) mass is 883 g/mol. The van der Waals surface area contributed by atoms with Crippen LogP contribution in [0.5, 0.6) is 0 Å². The maximum absolute atomic E-state index is 13.4. The van der Waals surface area contributed by atoms with Crippen LogP contribution in [-0.4, -0.2) is 119 Å². The summed E-state index contributed by atoms with van der Waals surface area (Å²) in [5, 5.41) is 27.2. The number of hydrogen-bond donors (Lipinski definition) is 4. The highest BCUT2D eigenvalue weighted by Crippen LogP contribution is 2.50. The molecule has 0 radical (unpaired) electrons. The number of amides is 2. The van der Waals surface area contributed by atoms with Crippen molar-refractivity contribution >= 4 is 24.0 Å². The van der Waals surface area contributed by atoms with Crippen molar-refractivity contribution in [3.63, 3.8) is 0 Å². The van der Waals surface area contributed by atoms with E-state index in [0.29, 0.717) is 47.9 Å². The first-order chi connectivity index (χ1) is 31.2. The number of aliphatic hydroxyl groups is 2. The minimum Gasteiger partial charge on any atom is -0.396 e. The largest absolute Gasteiger partial charge is 0.396 e. The van der Waals surface area contributed by atoms with Gasteiger partial charge in [-0.05, 0) is 113 Å². The fourth-order valence-corrected chi connectivity index (χ4v) is 12.0. The molecule has 6 fully saturated rings. The van der Waals surface area contributed by atoms with Crippen molar-refractivity contribution in [2.24, 2.45) is 47.3 Å². The molecule has 0 aromatic carbocycles. The zero-order valence-corrected chi connectivity index (χ0v) is 37.8. The summed E-state index contributed by atoms with van der Waals surface area (Å²) in [5.41, 5.74) is 3.16. The van der Waals surface area contributed by atoms with Crippen molar-refractivity contribution < 1.29 is 29.3 Å². The maximum Gasteiger partial charge on any atom is 0.258 e. The Bertz CT molecular complexity index is 2010. The van der Waals surface area contributed by atoms with Gasteiger partial charge in [0.1, 0.15) is 0 Å². The van der Waals surface area contributed by atoms with Gasteiger partial charge in [0.05, 0.1) is 23.9 Å². The summed E-state index contributed by atoms with van der Waals surface area (Å²) < 4.78 is 14.8. The lowest BCUT2D eigenvalue weighted by atomic mass is 9.86. The molecule has 4 bridgehead atoms. The van der Waals surface area contributed by atoms with Gasteiger partial charge < -0.3 is 39.5 Å². The normalized spacial score (nSPS) is 30.6. The Balaban J connectivity index is 0.000000162. The van der Waals surface area contributed by atoms with Crippen molar-refractivity contribution in [2.75, 3.05) is 65.8 Å². The number of ether oxygens (including phenoxy) is 2. The van der Waals surface area contributed by atoms with E-state index in [1.807, 2.05) is 71.6 Å². The molecule has 4 saturated heterocycles. The Kier molecular flexibility index (Phi) is 14.1. The number of carbonyl (C=O) groups is 2. The summed E-state index contributed by atoms with van der Waals surface area (Å²) in [6, 6.07) is 7.41. The molecule has 64 heavy (non-hydrogen) atoms. The quantitative estimate of drug-likeness (QED) is 0.220. The lowest BCUT2D eigenvalue weighted by Crippen LogP contribution is -2.48. The smallest absolute Gasteiger partial charge is 0.258 e. The molecule has 4 N–H and O–H groups in total. The Hall–Kier alpha value is -3.92. The summed E-state index contributed by atoms with van der Waals surface area (Å²) in [6.45, 7) is 11.1. The number of pyridine rings is 2. The van der Waals surface area contributed by atoms with Crippen LogP contribution in [0.25, 0.3) is 12.2 Å². The summed E-state index contributed by atoms with van der Waals surface area (Å²) in [7, 11) is 0. The lowest BCUT2D eigenvalue weighted by molar-refractivity contribution is -0.128. The number of aliphatic hydroxyl groups excluding tert-OH is 2. The van der Waals surface area contributed by atoms with E-state index in [9.17, 15) is 29.4 Å². The van der Waals surface area contributed by atoms with Crippen molar-refractivity contribution in [1.29, 1.82) is 0 Å². The van der Waals surface area contributed by atoms with Crippen molar-refractivity contribution in [1.82, 2.24) is 29.6 Å². The van der Waals surface area contributed by atoms with Crippen molar-refractivity contribution in [3.05, 3.63) is 79.6 Å². The highest BCUT2D eigenvalue weighted by atomic mass is 16.5. The van der Waals surface area contributed by atoms with E-state index < -0.39 is 0 Å². The van der Waals surface area contributed by atoms with Crippen LogP contribution in [0.2, 0.25) is 0 Å². The van der Waals surface area contributed by atoms with Crippen LogP contribution >= 0.6 is 0 Å². The van der Waals surface area contributed by atoms with Crippen LogP contribution < -0.4 is 21.8 Å². The van der Waals surface area contributed by atoms with E-state index in [2.05, 4.69) is 20.4 Å². The van der Waals surface area contributed by atoms with Crippen molar-refractivity contribution in [2.45, 2.75) is 102 Å². The molecule has 0 spiro atoms. The van der Waals surface area contributed by atoms with Crippen LogP contribution in [0.4, 0.5) is 0 Å².